The van der Waals surface area contributed by atoms with Crippen molar-refractivity contribution in [2.75, 3.05) is 13.2 Å². The lowest BCUT2D eigenvalue weighted by atomic mass is 9.96. The Morgan fingerprint density at radius 1 is 1.40 bits per heavy atom. The fourth-order valence-electron chi connectivity index (χ4n) is 2.69. The normalized spacial score (nSPS) is 21.5. The zero-order valence-electron chi connectivity index (χ0n) is 12.0. The van der Waals surface area contributed by atoms with E-state index in [1.807, 2.05) is 30.3 Å². The van der Waals surface area contributed by atoms with Crippen LogP contribution in [0.5, 0.6) is 0 Å². The van der Waals surface area contributed by atoms with E-state index in [0.717, 1.165) is 5.56 Å². The van der Waals surface area contributed by atoms with E-state index >= 15 is 0 Å². The molecule has 1 aromatic carbocycles. The molecule has 20 heavy (non-hydrogen) atoms. The van der Waals surface area contributed by atoms with E-state index in [1.165, 1.54) is 0 Å². The number of piperidine rings is 1. The molecule has 1 aliphatic heterocycles. The number of benzene rings is 1. The van der Waals surface area contributed by atoms with Gasteiger partial charge in [0.2, 0.25) is 0 Å². The van der Waals surface area contributed by atoms with E-state index in [9.17, 15) is 9.59 Å². The molecule has 0 spiro atoms. The van der Waals surface area contributed by atoms with Crippen LogP contribution in [0.2, 0.25) is 0 Å². The molecule has 1 saturated heterocycles. The first-order chi connectivity index (χ1) is 9.63. The second-order valence-electron chi connectivity index (χ2n) is 5.09. The summed E-state index contributed by atoms with van der Waals surface area (Å²) in [6, 6.07) is 9.68. The molecule has 0 aromatic heterocycles. The maximum Gasteiger partial charge on any atom is 0.323 e. The summed E-state index contributed by atoms with van der Waals surface area (Å²) in [4.78, 5) is 25.8. The van der Waals surface area contributed by atoms with Crippen molar-refractivity contribution < 1.29 is 14.3 Å². The summed E-state index contributed by atoms with van der Waals surface area (Å²) in [5.41, 5.74) is 1.15. The highest BCUT2D eigenvalue weighted by molar-refractivity contribution is 5.87. The SMILES string of the molecule is CCOC(=O)[C@@H]1CC(=O)CCN1[C@H](C)c1ccccc1. The lowest BCUT2D eigenvalue weighted by Crippen LogP contribution is -2.49. The van der Waals surface area contributed by atoms with Crippen molar-refractivity contribution in [1.82, 2.24) is 4.90 Å². The lowest BCUT2D eigenvalue weighted by molar-refractivity contribution is -0.154. The third-order valence-electron chi connectivity index (χ3n) is 3.81. The third kappa shape index (κ3) is 3.25. The Kier molecular flexibility index (Phi) is 4.90. The highest BCUT2D eigenvalue weighted by atomic mass is 16.5. The number of rotatable bonds is 4. The lowest BCUT2D eigenvalue weighted by Gasteiger charge is -2.37. The molecule has 0 N–H and O–H groups in total. The fraction of sp³-hybridized carbons (Fsp3) is 0.500. The average molecular weight is 275 g/mol. The van der Waals surface area contributed by atoms with E-state index < -0.39 is 6.04 Å². The first-order valence-corrected chi connectivity index (χ1v) is 7.12. The maximum atomic E-state index is 12.1. The predicted octanol–water partition coefficient (Wildman–Crippen LogP) is 2.34. The summed E-state index contributed by atoms with van der Waals surface area (Å²) >= 11 is 0. The zero-order chi connectivity index (χ0) is 14.5. The van der Waals surface area contributed by atoms with Crippen LogP contribution in [-0.4, -0.2) is 35.8 Å². The van der Waals surface area contributed by atoms with E-state index in [-0.39, 0.29) is 24.2 Å². The van der Waals surface area contributed by atoms with Crippen LogP contribution in [0.4, 0.5) is 0 Å². The summed E-state index contributed by atoms with van der Waals surface area (Å²) < 4.78 is 5.11. The molecule has 108 valence electrons. The number of nitrogens with zero attached hydrogens (tertiary/aromatic N) is 1. The number of carbonyl (C=O) groups is 2. The molecule has 0 amide bonds. The summed E-state index contributed by atoms with van der Waals surface area (Å²) in [7, 11) is 0. The molecule has 0 aliphatic carbocycles. The Morgan fingerprint density at radius 3 is 2.75 bits per heavy atom. The maximum absolute atomic E-state index is 12.1. The molecular weight excluding hydrogens is 254 g/mol. The van der Waals surface area contributed by atoms with Gasteiger partial charge in [0.05, 0.1) is 6.61 Å². The first kappa shape index (κ1) is 14.7. The summed E-state index contributed by atoms with van der Waals surface area (Å²) in [6.07, 6.45) is 0.767. The molecule has 1 heterocycles. The van der Waals surface area contributed by atoms with Gasteiger partial charge in [-0.05, 0) is 19.4 Å². The van der Waals surface area contributed by atoms with Gasteiger partial charge in [-0.3, -0.25) is 14.5 Å². The van der Waals surface area contributed by atoms with Gasteiger partial charge in [0, 0.05) is 25.4 Å². The van der Waals surface area contributed by atoms with Gasteiger partial charge in [0.1, 0.15) is 11.8 Å². The quantitative estimate of drug-likeness (QED) is 0.791. The minimum Gasteiger partial charge on any atom is -0.465 e. The van der Waals surface area contributed by atoms with E-state index in [0.29, 0.717) is 19.6 Å². The van der Waals surface area contributed by atoms with Crippen molar-refractivity contribution in [2.24, 2.45) is 0 Å². The number of hydrogen-bond donors (Lipinski definition) is 0. The number of likely N-dealkylation sites (tertiary alicyclic amines) is 1. The Balaban J connectivity index is 2.18. The smallest absolute Gasteiger partial charge is 0.323 e. The summed E-state index contributed by atoms with van der Waals surface area (Å²) in [6.45, 7) is 4.81. The molecule has 4 nitrogen and oxygen atoms in total. The van der Waals surface area contributed by atoms with Gasteiger partial charge in [-0.2, -0.15) is 0 Å². The topological polar surface area (TPSA) is 46.6 Å². The molecule has 1 fully saturated rings. The number of ketones is 1. The van der Waals surface area contributed by atoms with Crippen LogP contribution >= 0.6 is 0 Å². The Hall–Kier alpha value is -1.68. The monoisotopic (exact) mass is 275 g/mol. The molecule has 2 atom stereocenters. The molecule has 4 heteroatoms. The van der Waals surface area contributed by atoms with Crippen molar-refractivity contribution in [1.29, 1.82) is 0 Å². The van der Waals surface area contributed by atoms with Gasteiger partial charge in [-0.25, -0.2) is 0 Å². The largest absolute Gasteiger partial charge is 0.465 e. The van der Waals surface area contributed by atoms with Gasteiger partial charge in [-0.15, -0.1) is 0 Å². The number of Topliss-reactive ketones (excluding diaryl/α,β-unsaturated/α-hetero) is 1. The van der Waals surface area contributed by atoms with Crippen LogP contribution in [0.25, 0.3) is 0 Å². The van der Waals surface area contributed by atoms with Crippen LogP contribution in [0.3, 0.4) is 0 Å². The van der Waals surface area contributed by atoms with Crippen molar-refractivity contribution in [3.05, 3.63) is 35.9 Å². The van der Waals surface area contributed by atoms with Gasteiger partial charge in [0.25, 0.3) is 0 Å². The van der Waals surface area contributed by atoms with Gasteiger partial charge in [-0.1, -0.05) is 30.3 Å². The minimum absolute atomic E-state index is 0.0960. The van der Waals surface area contributed by atoms with Gasteiger partial charge in [0.15, 0.2) is 0 Å². The molecule has 0 unspecified atom stereocenters. The van der Waals surface area contributed by atoms with Crippen molar-refractivity contribution in [3.63, 3.8) is 0 Å². The zero-order valence-corrected chi connectivity index (χ0v) is 12.0. The van der Waals surface area contributed by atoms with E-state index in [4.69, 9.17) is 4.74 Å². The highest BCUT2D eigenvalue weighted by Gasteiger charge is 2.36. The molecule has 1 aromatic rings. The van der Waals surface area contributed by atoms with Gasteiger partial charge >= 0.3 is 5.97 Å². The van der Waals surface area contributed by atoms with Crippen LogP contribution < -0.4 is 0 Å². The number of esters is 1. The van der Waals surface area contributed by atoms with Crippen LogP contribution in [0, 0.1) is 0 Å². The van der Waals surface area contributed by atoms with E-state index in [2.05, 4.69) is 11.8 Å². The Bertz CT molecular complexity index is 472. The highest BCUT2D eigenvalue weighted by Crippen LogP contribution is 2.27. The third-order valence-corrected chi connectivity index (χ3v) is 3.81. The number of carbonyl (C=O) groups excluding carboxylic acids is 2. The van der Waals surface area contributed by atoms with Gasteiger partial charge < -0.3 is 4.74 Å². The molecule has 0 saturated carbocycles. The fourth-order valence-corrected chi connectivity index (χ4v) is 2.69. The standard InChI is InChI=1S/C16H21NO3/c1-3-20-16(19)15-11-14(18)9-10-17(15)12(2)13-7-5-4-6-8-13/h4-8,12,15H,3,9-11H2,1-2H3/t12-,15+/m1/s1. The van der Waals surface area contributed by atoms with E-state index in [1.54, 1.807) is 6.92 Å². The number of ether oxygens (including phenoxy) is 1. The summed E-state index contributed by atoms with van der Waals surface area (Å²) in [5.74, 6) is -0.150. The molecule has 0 bridgehead atoms. The first-order valence-electron chi connectivity index (χ1n) is 7.12. The molecule has 2 rings (SSSR count). The van der Waals surface area contributed by atoms with Crippen molar-refractivity contribution >= 4 is 11.8 Å². The summed E-state index contributed by atoms with van der Waals surface area (Å²) in [5, 5.41) is 0. The average Bonchev–Trinajstić information content (AvgIpc) is 2.47. The number of hydrogen-bond acceptors (Lipinski definition) is 4. The van der Waals surface area contributed by atoms with Crippen LogP contribution in [0.1, 0.15) is 38.3 Å². The molecule has 0 radical (unpaired) electrons. The molecular formula is C16H21NO3. The Labute approximate surface area is 119 Å². The Morgan fingerprint density at radius 2 is 2.10 bits per heavy atom. The second-order valence-corrected chi connectivity index (χ2v) is 5.09. The second kappa shape index (κ2) is 6.66. The van der Waals surface area contributed by atoms with Crippen LogP contribution in [0.15, 0.2) is 30.3 Å². The minimum atomic E-state index is -0.452. The molecule has 1 aliphatic rings. The van der Waals surface area contributed by atoms with Crippen LogP contribution in [-0.2, 0) is 14.3 Å². The van der Waals surface area contributed by atoms with Crippen molar-refractivity contribution in [2.45, 2.75) is 38.8 Å². The predicted molar refractivity (Wildman–Crippen MR) is 76.2 cm³/mol. The van der Waals surface area contributed by atoms with Crippen molar-refractivity contribution in [3.8, 4) is 0 Å².